The van der Waals surface area contributed by atoms with Crippen LogP contribution in [0.5, 0.6) is 0 Å². The maximum absolute atomic E-state index is 12.1. The van der Waals surface area contributed by atoms with Gasteiger partial charge in [-0.3, -0.25) is 9.59 Å². The van der Waals surface area contributed by atoms with Gasteiger partial charge in [0, 0.05) is 30.6 Å². The molecule has 1 aliphatic heterocycles. The highest BCUT2D eigenvalue weighted by atomic mass is 35.5. The number of likely N-dealkylation sites (tertiary alicyclic amines) is 1. The Bertz CT molecular complexity index is 590. The van der Waals surface area contributed by atoms with Crippen LogP contribution in [0.1, 0.15) is 18.0 Å². The van der Waals surface area contributed by atoms with Crippen molar-refractivity contribution in [3.05, 3.63) is 34.9 Å². The van der Waals surface area contributed by atoms with Crippen LogP contribution < -0.4 is 5.32 Å². The van der Waals surface area contributed by atoms with E-state index >= 15 is 0 Å². The predicted molar refractivity (Wildman–Crippen MR) is 75.7 cm³/mol. The molecule has 1 aromatic rings. The second-order valence-electron chi connectivity index (χ2n) is 4.98. The summed E-state index contributed by atoms with van der Waals surface area (Å²) in [5.41, 5.74) is 0.317. The first-order chi connectivity index (χ1) is 9.90. The predicted octanol–water partition coefficient (Wildman–Crippen LogP) is 1.06. The molecule has 1 unspecified atom stereocenters. The van der Waals surface area contributed by atoms with E-state index in [1.807, 2.05) is 0 Å². The van der Waals surface area contributed by atoms with Gasteiger partial charge in [0.05, 0.1) is 5.92 Å². The lowest BCUT2D eigenvalue weighted by atomic mass is 10.0. The molecule has 0 aromatic heterocycles. The number of benzene rings is 1. The van der Waals surface area contributed by atoms with E-state index in [1.165, 1.54) is 4.90 Å². The zero-order valence-corrected chi connectivity index (χ0v) is 12.1. The number of hydrogen-bond donors (Lipinski definition) is 2. The third kappa shape index (κ3) is 3.33. The van der Waals surface area contributed by atoms with Crippen molar-refractivity contribution in [3.63, 3.8) is 0 Å². The molecule has 2 N–H and O–H groups in total. The van der Waals surface area contributed by atoms with Crippen molar-refractivity contribution in [1.29, 1.82) is 0 Å². The third-order valence-electron chi connectivity index (χ3n) is 3.46. The standard InChI is InChI=1S/C14H15ClN2O4/c1-17-7-8(6-11(17)18)13(19)16-12(14(20)21)9-4-2-3-5-10(9)15/h2-5,8,12H,6-7H2,1H3,(H,16,19)(H,20,21)/t8?,12-/m1/s1. The van der Waals surface area contributed by atoms with Crippen LogP contribution in [0.15, 0.2) is 24.3 Å². The number of aliphatic carboxylic acids is 1. The van der Waals surface area contributed by atoms with Crippen LogP contribution in [0.2, 0.25) is 5.02 Å². The van der Waals surface area contributed by atoms with Crippen molar-refractivity contribution >= 4 is 29.4 Å². The van der Waals surface area contributed by atoms with E-state index in [0.717, 1.165) is 0 Å². The molecule has 6 nitrogen and oxygen atoms in total. The zero-order chi connectivity index (χ0) is 15.6. The van der Waals surface area contributed by atoms with Crippen molar-refractivity contribution in [2.45, 2.75) is 12.5 Å². The molecule has 0 saturated carbocycles. The third-order valence-corrected chi connectivity index (χ3v) is 3.81. The summed E-state index contributed by atoms with van der Waals surface area (Å²) in [4.78, 5) is 36.4. The molecule has 1 fully saturated rings. The number of nitrogens with one attached hydrogen (secondary N) is 1. The number of carboxylic acid groups (broad SMARTS) is 1. The number of hydrogen-bond acceptors (Lipinski definition) is 3. The minimum Gasteiger partial charge on any atom is -0.479 e. The molecule has 7 heteroatoms. The highest BCUT2D eigenvalue weighted by molar-refractivity contribution is 6.31. The number of carbonyl (C=O) groups excluding carboxylic acids is 2. The molecular formula is C14H15ClN2O4. The molecule has 0 aliphatic carbocycles. The topological polar surface area (TPSA) is 86.7 Å². The fraction of sp³-hybridized carbons (Fsp3) is 0.357. The number of carboxylic acids is 1. The number of carbonyl (C=O) groups is 3. The Morgan fingerprint density at radius 3 is 2.62 bits per heavy atom. The SMILES string of the molecule is CN1CC(C(=O)N[C@@H](C(=O)O)c2ccccc2Cl)CC1=O. The summed E-state index contributed by atoms with van der Waals surface area (Å²) in [6, 6.07) is 5.21. The number of halogens is 1. The maximum Gasteiger partial charge on any atom is 0.330 e. The maximum atomic E-state index is 12.1. The molecule has 0 spiro atoms. The molecule has 21 heavy (non-hydrogen) atoms. The Hall–Kier alpha value is -2.08. The fourth-order valence-corrected chi connectivity index (χ4v) is 2.53. The van der Waals surface area contributed by atoms with Gasteiger partial charge in [-0.1, -0.05) is 29.8 Å². The van der Waals surface area contributed by atoms with Gasteiger partial charge < -0.3 is 15.3 Å². The lowest BCUT2D eigenvalue weighted by molar-refractivity contribution is -0.142. The molecule has 2 rings (SSSR count). The highest BCUT2D eigenvalue weighted by Crippen LogP contribution is 2.24. The van der Waals surface area contributed by atoms with Gasteiger partial charge in [0.15, 0.2) is 6.04 Å². The summed E-state index contributed by atoms with van der Waals surface area (Å²) in [5.74, 6) is -2.32. The second kappa shape index (κ2) is 6.13. The van der Waals surface area contributed by atoms with Crippen LogP contribution in [0.4, 0.5) is 0 Å². The smallest absolute Gasteiger partial charge is 0.330 e. The Labute approximate surface area is 126 Å². The van der Waals surface area contributed by atoms with Crippen LogP contribution in [0, 0.1) is 5.92 Å². The quantitative estimate of drug-likeness (QED) is 0.870. The van der Waals surface area contributed by atoms with Gasteiger partial charge in [0.25, 0.3) is 0 Å². The lowest BCUT2D eigenvalue weighted by Gasteiger charge is -2.18. The van der Waals surface area contributed by atoms with Gasteiger partial charge >= 0.3 is 5.97 Å². The summed E-state index contributed by atoms with van der Waals surface area (Å²) in [7, 11) is 1.61. The van der Waals surface area contributed by atoms with Gasteiger partial charge in [-0.05, 0) is 6.07 Å². The summed E-state index contributed by atoms with van der Waals surface area (Å²) in [5, 5.41) is 12.0. The first-order valence-corrected chi connectivity index (χ1v) is 6.79. The van der Waals surface area contributed by atoms with E-state index in [2.05, 4.69) is 5.32 Å². The molecule has 2 amide bonds. The van der Waals surface area contributed by atoms with Gasteiger partial charge in [0.2, 0.25) is 11.8 Å². The summed E-state index contributed by atoms with van der Waals surface area (Å²) < 4.78 is 0. The molecule has 0 bridgehead atoms. The average molecular weight is 311 g/mol. The van der Waals surface area contributed by atoms with Crippen molar-refractivity contribution in [3.8, 4) is 0 Å². The molecule has 112 valence electrons. The second-order valence-corrected chi connectivity index (χ2v) is 5.38. The molecule has 2 atom stereocenters. The van der Waals surface area contributed by atoms with Gasteiger partial charge in [-0.25, -0.2) is 4.79 Å². The fourth-order valence-electron chi connectivity index (χ4n) is 2.28. The van der Waals surface area contributed by atoms with Crippen LogP contribution in [0.25, 0.3) is 0 Å². The molecule has 0 radical (unpaired) electrons. The molecule has 1 heterocycles. The Balaban J connectivity index is 2.14. The minimum absolute atomic E-state index is 0.0944. The van der Waals surface area contributed by atoms with E-state index in [0.29, 0.717) is 12.1 Å². The molecule has 1 saturated heterocycles. The summed E-state index contributed by atoms with van der Waals surface area (Å²) in [6.07, 6.45) is 0.0944. The lowest BCUT2D eigenvalue weighted by Crippen LogP contribution is -2.38. The van der Waals surface area contributed by atoms with Gasteiger partial charge in [-0.15, -0.1) is 0 Å². The highest BCUT2D eigenvalue weighted by Gasteiger charge is 2.34. The normalized spacial score (nSPS) is 19.4. The average Bonchev–Trinajstić information content (AvgIpc) is 2.76. The molecule has 1 aromatic carbocycles. The number of rotatable bonds is 4. The van der Waals surface area contributed by atoms with E-state index in [9.17, 15) is 19.5 Å². The number of nitrogens with zero attached hydrogens (tertiary/aromatic N) is 1. The van der Waals surface area contributed by atoms with Crippen LogP contribution in [-0.2, 0) is 14.4 Å². The first kappa shape index (κ1) is 15.3. The largest absolute Gasteiger partial charge is 0.479 e. The Morgan fingerprint density at radius 1 is 1.43 bits per heavy atom. The van der Waals surface area contributed by atoms with Gasteiger partial charge in [0.1, 0.15) is 0 Å². The van der Waals surface area contributed by atoms with E-state index in [4.69, 9.17) is 11.6 Å². The summed E-state index contributed by atoms with van der Waals surface area (Å²) >= 11 is 5.98. The Morgan fingerprint density at radius 2 is 2.10 bits per heavy atom. The molecule has 1 aliphatic rings. The molecular weight excluding hydrogens is 296 g/mol. The van der Waals surface area contributed by atoms with E-state index < -0.39 is 23.8 Å². The van der Waals surface area contributed by atoms with E-state index in [-0.39, 0.29) is 17.4 Å². The zero-order valence-electron chi connectivity index (χ0n) is 11.4. The van der Waals surface area contributed by atoms with E-state index in [1.54, 1.807) is 31.3 Å². The Kier molecular flexibility index (Phi) is 4.47. The van der Waals surface area contributed by atoms with Crippen LogP contribution in [0.3, 0.4) is 0 Å². The van der Waals surface area contributed by atoms with Crippen LogP contribution >= 0.6 is 11.6 Å². The minimum atomic E-state index is -1.23. The first-order valence-electron chi connectivity index (χ1n) is 6.41. The van der Waals surface area contributed by atoms with Crippen molar-refractivity contribution in [1.82, 2.24) is 10.2 Å². The monoisotopic (exact) mass is 310 g/mol. The van der Waals surface area contributed by atoms with Gasteiger partial charge in [-0.2, -0.15) is 0 Å². The summed E-state index contributed by atoms with van der Waals surface area (Å²) in [6.45, 7) is 0.291. The van der Waals surface area contributed by atoms with Crippen LogP contribution in [-0.4, -0.2) is 41.4 Å². The number of amides is 2. The van der Waals surface area contributed by atoms with Crippen molar-refractivity contribution in [2.24, 2.45) is 5.92 Å². The van der Waals surface area contributed by atoms with Crippen molar-refractivity contribution in [2.75, 3.05) is 13.6 Å². The van der Waals surface area contributed by atoms with Crippen molar-refractivity contribution < 1.29 is 19.5 Å².